The van der Waals surface area contributed by atoms with Gasteiger partial charge < -0.3 is 8.98 Å². The van der Waals surface area contributed by atoms with Gasteiger partial charge >= 0.3 is 0 Å². The molecule has 3 unspecified atom stereocenters. The summed E-state index contributed by atoms with van der Waals surface area (Å²) in [7, 11) is -2.23. The lowest BCUT2D eigenvalue weighted by atomic mass is 9.73. The Labute approximate surface area is 138 Å². The molecular weight excluding hydrogens is 298 g/mol. The molecule has 3 atom stereocenters. The standard InChI is InChI=1S/C16H33NO2SSi/c1-12-10-14(17-20(18)15(2,3)4)13(12)11-19-21(8,9)16(5,6)7/h12-13H,10-11H2,1-9H3/i11D2. The first-order valence-corrected chi connectivity index (χ1v) is 11.7. The van der Waals surface area contributed by atoms with Gasteiger partial charge in [0.15, 0.2) is 8.32 Å². The SMILES string of the molecule is [2H]C([2H])(O[Si](C)(C)C(C)(C)C)C1C(=N[S+]([O-])C(C)(C)C)CC1C. The van der Waals surface area contributed by atoms with E-state index in [9.17, 15) is 4.55 Å². The zero-order valence-electron chi connectivity index (χ0n) is 17.0. The first kappa shape index (κ1) is 16.0. The molecule has 0 aromatic rings. The van der Waals surface area contributed by atoms with E-state index in [-0.39, 0.29) is 11.0 Å². The average Bonchev–Trinajstić information content (AvgIpc) is 2.21. The molecule has 3 nitrogen and oxygen atoms in total. The summed E-state index contributed by atoms with van der Waals surface area (Å²) in [5.41, 5.74) is 0.703. The third-order valence-corrected chi connectivity index (χ3v) is 10.1. The van der Waals surface area contributed by atoms with Crippen molar-refractivity contribution in [2.45, 2.75) is 77.8 Å². The Hall–Kier alpha value is 0.157. The smallest absolute Gasteiger partial charge is 0.192 e. The maximum Gasteiger partial charge on any atom is 0.192 e. The van der Waals surface area contributed by atoms with Crippen molar-refractivity contribution in [2.24, 2.45) is 16.2 Å². The molecule has 0 aromatic heterocycles. The van der Waals surface area contributed by atoms with Gasteiger partial charge in [-0.15, -0.1) is 0 Å². The fourth-order valence-electron chi connectivity index (χ4n) is 1.63. The van der Waals surface area contributed by atoms with Crippen LogP contribution >= 0.6 is 0 Å². The van der Waals surface area contributed by atoms with Crippen molar-refractivity contribution >= 4 is 25.4 Å². The Kier molecular flexibility index (Phi) is 4.84. The summed E-state index contributed by atoms with van der Waals surface area (Å²) in [4.78, 5) is 0. The summed E-state index contributed by atoms with van der Waals surface area (Å²) in [5, 5.41) is -0.0567. The van der Waals surface area contributed by atoms with Crippen molar-refractivity contribution in [3.05, 3.63) is 0 Å². The molecule has 1 aliphatic rings. The largest absolute Gasteiger partial charge is 0.591 e. The molecule has 0 aromatic carbocycles. The van der Waals surface area contributed by atoms with Crippen LogP contribution in [0.1, 0.15) is 57.6 Å². The molecule has 0 N–H and O–H groups in total. The van der Waals surface area contributed by atoms with Crippen LogP contribution in [0.4, 0.5) is 0 Å². The first-order chi connectivity index (χ1) is 9.99. The monoisotopic (exact) mass is 333 g/mol. The molecule has 0 aliphatic heterocycles. The van der Waals surface area contributed by atoms with E-state index in [1.165, 1.54) is 0 Å². The normalized spacial score (nSPS) is 29.7. The fourth-order valence-corrected chi connectivity index (χ4v) is 3.03. The van der Waals surface area contributed by atoms with E-state index >= 15 is 0 Å². The topological polar surface area (TPSA) is 44.6 Å². The van der Waals surface area contributed by atoms with E-state index in [4.69, 9.17) is 7.17 Å². The number of rotatable bonds is 4. The lowest BCUT2D eigenvalue weighted by Crippen LogP contribution is -2.47. The van der Waals surface area contributed by atoms with Gasteiger partial charge in [-0.3, -0.25) is 0 Å². The Morgan fingerprint density at radius 2 is 1.86 bits per heavy atom. The summed E-state index contributed by atoms with van der Waals surface area (Å²) in [5.74, 6) is -0.242. The van der Waals surface area contributed by atoms with Crippen LogP contribution in [-0.2, 0) is 15.8 Å². The Morgan fingerprint density at radius 1 is 1.33 bits per heavy atom. The molecule has 124 valence electrons. The van der Waals surface area contributed by atoms with Gasteiger partial charge in [-0.05, 0) is 51.2 Å². The van der Waals surface area contributed by atoms with Crippen LogP contribution in [0.2, 0.25) is 18.1 Å². The van der Waals surface area contributed by atoms with Gasteiger partial charge in [-0.25, -0.2) is 0 Å². The van der Waals surface area contributed by atoms with Gasteiger partial charge in [-0.2, -0.15) is 0 Å². The van der Waals surface area contributed by atoms with E-state index in [2.05, 4.69) is 38.3 Å². The third kappa shape index (κ3) is 4.81. The van der Waals surface area contributed by atoms with Crippen molar-refractivity contribution in [1.29, 1.82) is 0 Å². The molecule has 1 rings (SSSR count). The second-order valence-corrected chi connectivity index (χ2v) is 15.2. The Balaban J connectivity index is 3.00. The lowest BCUT2D eigenvalue weighted by molar-refractivity contribution is 0.205. The number of nitrogens with zero attached hydrogens (tertiary/aromatic N) is 1. The molecule has 0 amide bonds. The highest BCUT2D eigenvalue weighted by atomic mass is 32.2. The van der Waals surface area contributed by atoms with Crippen LogP contribution in [-0.4, -0.2) is 29.9 Å². The molecule has 1 fully saturated rings. The van der Waals surface area contributed by atoms with E-state index in [0.717, 1.165) is 0 Å². The molecule has 21 heavy (non-hydrogen) atoms. The van der Waals surface area contributed by atoms with Crippen molar-refractivity contribution in [3.8, 4) is 0 Å². The van der Waals surface area contributed by atoms with E-state index < -0.39 is 36.9 Å². The van der Waals surface area contributed by atoms with Crippen LogP contribution in [0.15, 0.2) is 4.40 Å². The predicted octanol–water partition coefficient (Wildman–Crippen LogP) is 4.57. The minimum atomic E-state index is -2.23. The van der Waals surface area contributed by atoms with Gasteiger partial charge in [0.2, 0.25) is 0 Å². The third-order valence-electron chi connectivity index (χ3n) is 4.43. The van der Waals surface area contributed by atoms with Crippen molar-refractivity contribution in [2.75, 3.05) is 6.56 Å². The van der Waals surface area contributed by atoms with Crippen LogP contribution in [0.25, 0.3) is 0 Å². The van der Waals surface area contributed by atoms with Crippen molar-refractivity contribution in [3.63, 3.8) is 0 Å². The second kappa shape index (κ2) is 6.34. The van der Waals surface area contributed by atoms with Crippen LogP contribution in [0, 0.1) is 11.8 Å². The van der Waals surface area contributed by atoms with Gasteiger partial charge in [-0.1, -0.05) is 32.1 Å². The summed E-state index contributed by atoms with van der Waals surface area (Å²) in [6, 6.07) is 0. The predicted molar refractivity (Wildman–Crippen MR) is 95.8 cm³/mol. The van der Waals surface area contributed by atoms with Crippen molar-refractivity contribution < 1.29 is 11.7 Å². The Morgan fingerprint density at radius 3 is 2.24 bits per heavy atom. The van der Waals surface area contributed by atoms with Crippen LogP contribution < -0.4 is 0 Å². The summed E-state index contributed by atoms with van der Waals surface area (Å²) < 4.78 is 39.2. The number of hydrogen-bond acceptors (Lipinski definition) is 3. The minimum absolute atomic E-state index is 0.0567. The zero-order chi connectivity index (χ0) is 18.4. The quantitative estimate of drug-likeness (QED) is 0.559. The summed E-state index contributed by atoms with van der Waals surface area (Å²) in [6.45, 7) is 16.3. The van der Waals surface area contributed by atoms with E-state index in [1.807, 2.05) is 27.7 Å². The maximum atomic E-state index is 12.3. The fraction of sp³-hybridized carbons (Fsp3) is 0.938. The summed E-state index contributed by atoms with van der Waals surface area (Å²) >= 11 is -1.35. The minimum Gasteiger partial charge on any atom is -0.591 e. The zero-order valence-corrected chi connectivity index (χ0v) is 16.9. The van der Waals surface area contributed by atoms with Crippen molar-refractivity contribution in [1.82, 2.24) is 0 Å². The first-order valence-electron chi connectivity index (χ1n) is 8.69. The highest BCUT2D eigenvalue weighted by Crippen LogP contribution is 2.39. The molecule has 0 saturated heterocycles. The van der Waals surface area contributed by atoms with Gasteiger partial charge in [0.1, 0.15) is 16.1 Å². The molecule has 0 bridgehead atoms. The molecular formula is C16H33NO2SSi. The van der Waals surface area contributed by atoms with Crippen LogP contribution in [0.3, 0.4) is 0 Å². The molecule has 1 saturated carbocycles. The highest BCUT2D eigenvalue weighted by Gasteiger charge is 2.42. The number of hydrogen-bond donors (Lipinski definition) is 0. The van der Waals surface area contributed by atoms with Crippen LogP contribution in [0.5, 0.6) is 0 Å². The second-order valence-electron chi connectivity index (χ2n) is 8.58. The van der Waals surface area contributed by atoms with E-state index in [0.29, 0.717) is 12.1 Å². The van der Waals surface area contributed by atoms with Gasteiger partial charge in [0, 0.05) is 12.5 Å². The maximum absolute atomic E-state index is 12.3. The molecule has 0 spiro atoms. The lowest BCUT2D eigenvalue weighted by Gasteiger charge is -2.41. The molecule has 0 heterocycles. The van der Waals surface area contributed by atoms with E-state index in [1.54, 1.807) is 0 Å². The highest BCUT2D eigenvalue weighted by molar-refractivity contribution is 7.91. The molecule has 0 radical (unpaired) electrons. The van der Waals surface area contributed by atoms with Gasteiger partial charge in [0.25, 0.3) is 0 Å². The Bertz CT molecular complexity index is 470. The average molecular weight is 334 g/mol. The summed E-state index contributed by atoms with van der Waals surface area (Å²) in [6.07, 6.45) is 0.701. The molecule has 1 aliphatic carbocycles. The molecule has 5 heteroatoms. The van der Waals surface area contributed by atoms with Gasteiger partial charge in [0.05, 0.1) is 8.45 Å².